The second-order valence-electron chi connectivity index (χ2n) is 27.7. The Hall–Kier alpha value is -1.02. The molecule has 3 N–H and O–H groups in total. The highest BCUT2D eigenvalue weighted by Gasteiger charge is 2.28. The molecule has 1 amide bonds. The number of quaternary nitrogens is 1. The third kappa shape index (κ3) is 70.3. The van der Waals surface area contributed by atoms with Crippen molar-refractivity contribution < 1.29 is 32.9 Å². The molecule has 0 aromatic rings. The van der Waals surface area contributed by atoms with Crippen LogP contribution in [0.1, 0.15) is 406 Å². The molecule has 3 atom stereocenters. The van der Waals surface area contributed by atoms with E-state index in [-0.39, 0.29) is 19.1 Å². The minimum absolute atomic E-state index is 0.0592. The number of carbonyl (C=O) groups excluding carboxylic acids is 1. The number of likely N-dealkylation sites (N-methyl/N-ethyl adjacent to an activating group) is 1. The number of carbonyl (C=O) groups is 1. The third-order valence-corrected chi connectivity index (χ3v) is 18.9. The molecule has 0 aromatic heterocycles. The molecule has 0 spiro atoms. The number of hydrogen-bond donors (Lipinski definition) is 3. The van der Waals surface area contributed by atoms with E-state index in [4.69, 9.17) is 9.05 Å². The number of nitrogens with zero attached hydrogens (tertiary/aromatic N) is 1. The Morgan fingerprint density at radius 1 is 0.388 bits per heavy atom. The van der Waals surface area contributed by atoms with Gasteiger partial charge < -0.3 is 19.8 Å². The van der Waals surface area contributed by atoms with E-state index in [1.807, 2.05) is 27.2 Å². The van der Waals surface area contributed by atoms with Crippen molar-refractivity contribution in [2.24, 2.45) is 0 Å². The van der Waals surface area contributed by atoms with Crippen LogP contribution in [0.15, 0.2) is 24.3 Å². The molecule has 0 fully saturated rings. The van der Waals surface area contributed by atoms with Gasteiger partial charge in [-0.3, -0.25) is 13.8 Å². The summed E-state index contributed by atoms with van der Waals surface area (Å²) in [7, 11) is 1.58. The van der Waals surface area contributed by atoms with Gasteiger partial charge in [-0.1, -0.05) is 391 Å². The summed E-state index contributed by atoms with van der Waals surface area (Å²) >= 11 is 0. The van der Waals surface area contributed by atoms with E-state index >= 15 is 0 Å². The molecule has 0 aliphatic carbocycles. The van der Waals surface area contributed by atoms with E-state index in [0.29, 0.717) is 17.4 Å². The molecule has 506 valence electrons. The lowest BCUT2D eigenvalue weighted by Gasteiger charge is -2.25. The normalized spacial score (nSPS) is 13.6. The van der Waals surface area contributed by atoms with E-state index < -0.39 is 20.0 Å². The lowest BCUT2D eigenvalue weighted by Crippen LogP contribution is -2.45. The maximum Gasteiger partial charge on any atom is 0.472 e. The minimum Gasteiger partial charge on any atom is -0.387 e. The van der Waals surface area contributed by atoms with Gasteiger partial charge in [-0.15, -0.1) is 0 Å². The Morgan fingerprint density at radius 3 is 0.941 bits per heavy atom. The second kappa shape index (κ2) is 67.4. The van der Waals surface area contributed by atoms with Gasteiger partial charge in [0.1, 0.15) is 13.2 Å². The molecule has 0 radical (unpaired) electrons. The molecule has 9 heteroatoms. The van der Waals surface area contributed by atoms with E-state index in [2.05, 4.69) is 31.3 Å². The first kappa shape index (κ1) is 84.0. The number of rotatable bonds is 72. The van der Waals surface area contributed by atoms with E-state index in [1.165, 1.54) is 347 Å². The number of amides is 1. The van der Waals surface area contributed by atoms with Gasteiger partial charge in [0, 0.05) is 6.42 Å². The number of nitrogens with one attached hydrogen (secondary N) is 1. The van der Waals surface area contributed by atoms with E-state index in [1.54, 1.807) is 6.08 Å². The molecule has 0 aliphatic heterocycles. The average Bonchev–Trinajstić information content (AvgIpc) is 3.49. The lowest BCUT2D eigenvalue weighted by atomic mass is 10.0. The molecular formula is C76H152N2O6P+. The summed E-state index contributed by atoms with van der Waals surface area (Å²) in [6.07, 6.45) is 89.4. The Kier molecular flexibility index (Phi) is 66.6. The van der Waals surface area contributed by atoms with Crippen molar-refractivity contribution in [1.82, 2.24) is 5.32 Å². The largest absolute Gasteiger partial charge is 0.472 e. The number of hydrogen-bond acceptors (Lipinski definition) is 5. The van der Waals surface area contributed by atoms with Crippen LogP contribution in [-0.2, 0) is 18.4 Å². The maximum absolute atomic E-state index is 13.1. The summed E-state index contributed by atoms with van der Waals surface area (Å²) in [5, 5.41) is 14.0. The van der Waals surface area contributed by atoms with Crippen molar-refractivity contribution in [3.8, 4) is 0 Å². The van der Waals surface area contributed by atoms with Crippen LogP contribution in [0.25, 0.3) is 0 Å². The average molecular weight is 1220 g/mol. The molecule has 0 aromatic carbocycles. The molecular weight excluding hydrogens is 1070 g/mol. The lowest BCUT2D eigenvalue weighted by molar-refractivity contribution is -0.870. The van der Waals surface area contributed by atoms with Gasteiger partial charge in [-0.05, 0) is 32.1 Å². The first-order chi connectivity index (χ1) is 41.5. The highest BCUT2D eigenvalue weighted by molar-refractivity contribution is 7.47. The number of aliphatic hydroxyl groups is 1. The highest BCUT2D eigenvalue weighted by Crippen LogP contribution is 2.43. The van der Waals surface area contributed by atoms with Crippen LogP contribution >= 0.6 is 7.82 Å². The van der Waals surface area contributed by atoms with Gasteiger partial charge in [0.25, 0.3) is 0 Å². The quantitative estimate of drug-likeness (QED) is 0.0243. The summed E-state index contributed by atoms with van der Waals surface area (Å²) in [4.78, 5) is 23.5. The summed E-state index contributed by atoms with van der Waals surface area (Å²) in [6.45, 7) is 4.87. The zero-order valence-corrected chi connectivity index (χ0v) is 59.0. The van der Waals surface area contributed by atoms with Crippen LogP contribution in [0.3, 0.4) is 0 Å². The van der Waals surface area contributed by atoms with Crippen LogP contribution in [0.5, 0.6) is 0 Å². The van der Waals surface area contributed by atoms with Crippen LogP contribution in [0, 0.1) is 0 Å². The fourth-order valence-corrected chi connectivity index (χ4v) is 12.7. The highest BCUT2D eigenvalue weighted by atomic mass is 31.2. The van der Waals surface area contributed by atoms with E-state index in [0.717, 1.165) is 38.5 Å². The van der Waals surface area contributed by atoms with Gasteiger partial charge in [0.15, 0.2) is 0 Å². The number of phosphoric ester groups is 1. The summed E-state index contributed by atoms with van der Waals surface area (Å²) in [5.41, 5.74) is 0. The number of phosphoric acid groups is 1. The molecule has 85 heavy (non-hydrogen) atoms. The van der Waals surface area contributed by atoms with Crippen molar-refractivity contribution in [2.75, 3.05) is 40.9 Å². The van der Waals surface area contributed by atoms with Crippen LogP contribution in [0.4, 0.5) is 0 Å². The van der Waals surface area contributed by atoms with Gasteiger partial charge in [-0.25, -0.2) is 4.57 Å². The summed E-state index contributed by atoms with van der Waals surface area (Å²) < 4.78 is 23.8. The predicted molar refractivity (Wildman–Crippen MR) is 374 cm³/mol. The molecule has 0 saturated carbocycles. The SMILES string of the molecule is CCCCCCCCCCCCCCCCCCCCCCCCCCCC/C=C/CC/C=C/C(O)C(COP(=O)(O)OCC[N+](C)(C)C)NC(=O)CCCCCCCCCCCCCCCCCCCCCCCCCCCCCCCCC. The van der Waals surface area contributed by atoms with Crippen LogP contribution in [-0.4, -0.2) is 73.4 Å². The zero-order valence-electron chi connectivity index (χ0n) is 58.1. The molecule has 0 rings (SSSR count). The maximum atomic E-state index is 13.1. The Balaban J connectivity index is 4.01. The monoisotopic (exact) mass is 1220 g/mol. The molecule has 8 nitrogen and oxygen atoms in total. The molecule has 0 saturated heterocycles. The Bertz CT molecular complexity index is 1430. The smallest absolute Gasteiger partial charge is 0.387 e. The standard InChI is InChI=1S/C76H151N2O6P/c1-6-8-10-12-14-16-18-20-22-24-26-28-30-32-34-36-38-40-41-43-45-47-49-51-53-55-57-59-61-63-65-67-69-75(79)74(73-84-85(81,82)83-72-71-78(3,4)5)77-76(80)70-68-66-64-62-60-58-56-54-52-50-48-46-44-42-39-37-35-33-31-29-27-25-23-21-19-17-15-13-11-9-7-2/h59,61,67,69,74-75,79H,6-58,60,62-66,68,70-73H2,1-5H3,(H-,77,80,81,82)/p+1/b61-59+,69-67+. The minimum atomic E-state index is -4.36. The number of unbranched alkanes of at least 4 members (excludes halogenated alkanes) is 57. The van der Waals surface area contributed by atoms with Crippen LogP contribution < -0.4 is 5.32 Å². The van der Waals surface area contributed by atoms with Gasteiger partial charge in [0.05, 0.1) is 39.9 Å². The number of aliphatic hydroxyl groups excluding tert-OH is 1. The first-order valence-electron chi connectivity index (χ1n) is 38.2. The topological polar surface area (TPSA) is 105 Å². The molecule has 0 bridgehead atoms. The van der Waals surface area contributed by atoms with Crippen molar-refractivity contribution in [1.29, 1.82) is 0 Å². The predicted octanol–water partition coefficient (Wildman–Crippen LogP) is 24.6. The zero-order chi connectivity index (χ0) is 61.9. The fourth-order valence-electron chi connectivity index (χ4n) is 12.0. The molecule has 3 unspecified atom stereocenters. The van der Waals surface area contributed by atoms with Gasteiger partial charge >= 0.3 is 7.82 Å². The van der Waals surface area contributed by atoms with Crippen LogP contribution in [0.2, 0.25) is 0 Å². The van der Waals surface area contributed by atoms with Gasteiger partial charge in [0.2, 0.25) is 5.91 Å². The molecule has 0 aliphatic rings. The van der Waals surface area contributed by atoms with Crippen molar-refractivity contribution >= 4 is 13.7 Å². The van der Waals surface area contributed by atoms with Crippen molar-refractivity contribution in [2.45, 2.75) is 418 Å². The van der Waals surface area contributed by atoms with Crippen molar-refractivity contribution in [3.05, 3.63) is 24.3 Å². The fraction of sp³-hybridized carbons (Fsp3) is 0.934. The first-order valence-corrected chi connectivity index (χ1v) is 39.7. The van der Waals surface area contributed by atoms with Crippen molar-refractivity contribution in [3.63, 3.8) is 0 Å². The summed E-state index contributed by atoms with van der Waals surface area (Å²) in [6, 6.07) is -0.862. The number of allylic oxidation sites excluding steroid dienone is 3. The van der Waals surface area contributed by atoms with Gasteiger partial charge in [-0.2, -0.15) is 0 Å². The summed E-state index contributed by atoms with van der Waals surface area (Å²) in [5.74, 6) is -0.177. The third-order valence-electron chi connectivity index (χ3n) is 17.9. The second-order valence-corrected chi connectivity index (χ2v) is 29.2. The Morgan fingerprint density at radius 2 is 0.647 bits per heavy atom. The molecule has 0 heterocycles. The van der Waals surface area contributed by atoms with E-state index in [9.17, 15) is 19.4 Å². The Labute approximate surface area is 532 Å².